The van der Waals surface area contributed by atoms with Gasteiger partial charge in [-0.25, -0.2) is 9.59 Å². The first kappa shape index (κ1) is 15.8. The Morgan fingerprint density at radius 3 is 2.58 bits per heavy atom. The monoisotopic (exact) mass is 272 g/mol. The van der Waals surface area contributed by atoms with Crippen LogP contribution in [-0.2, 0) is 9.53 Å². The first-order valence-electron chi connectivity index (χ1n) is 6.75. The molecule has 2 atom stereocenters. The van der Waals surface area contributed by atoms with Gasteiger partial charge in [0.25, 0.3) is 0 Å². The number of alkyl carbamates (subject to hydrolysis) is 1. The fraction of sp³-hybridized carbons (Fsp3) is 0.846. The smallest absolute Gasteiger partial charge is 0.408 e. The highest BCUT2D eigenvalue weighted by atomic mass is 16.6. The lowest BCUT2D eigenvalue weighted by molar-refractivity contribution is -0.140. The highest BCUT2D eigenvalue weighted by molar-refractivity contribution is 5.80. The molecular weight excluding hydrogens is 248 g/mol. The first-order valence-corrected chi connectivity index (χ1v) is 6.75. The summed E-state index contributed by atoms with van der Waals surface area (Å²) in [5.41, 5.74) is -0.635. The van der Waals surface area contributed by atoms with Crippen LogP contribution < -0.4 is 10.6 Å². The first-order chi connectivity index (χ1) is 8.79. The Labute approximate surface area is 113 Å². The number of carbonyl (C=O) groups is 2. The molecule has 19 heavy (non-hydrogen) atoms. The van der Waals surface area contributed by atoms with Crippen LogP contribution in [0.2, 0.25) is 0 Å². The van der Waals surface area contributed by atoms with Gasteiger partial charge in [-0.2, -0.15) is 0 Å². The van der Waals surface area contributed by atoms with Crippen LogP contribution in [0.4, 0.5) is 4.79 Å². The van der Waals surface area contributed by atoms with Crippen LogP contribution in [0.1, 0.15) is 46.5 Å². The van der Waals surface area contributed by atoms with Crippen LogP contribution in [0.3, 0.4) is 0 Å². The number of carbonyl (C=O) groups excluding carboxylic acids is 1. The molecular formula is C13H24N2O4. The molecule has 1 saturated heterocycles. The molecule has 0 aromatic carbocycles. The Morgan fingerprint density at radius 2 is 2.00 bits per heavy atom. The van der Waals surface area contributed by atoms with Gasteiger partial charge in [0.1, 0.15) is 11.6 Å². The van der Waals surface area contributed by atoms with Crippen molar-refractivity contribution in [2.45, 2.75) is 64.1 Å². The molecule has 1 aliphatic rings. The molecule has 0 aliphatic carbocycles. The molecule has 0 aromatic rings. The van der Waals surface area contributed by atoms with Gasteiger partial charge in [0, 0.05) is 6.04 Å². The van der Waals surface area contributed by atoms with E-state index in [1.54, 1.807) is 20.8 Å². The third-order valence-electron chi connectivity index (χ3n) is 2.94. The Hall–Kier alpha value is -1.30. The average molecular weight is 272 g/mol. The normalized spacial score (nSPS) is 22.2. The van der Waals surface area contributed by atoms with Gasteiger partial charge >= 0.3 is 12.1 Å². The number of rotatable bonds is 3. The highest BCUT2D eigenvalue weighted by Gasteiger charge is 2.31. The van der Waals surface area contributed by atoms with Crippen LogP contribution in [0, 0.1) is 0 Å². The zero-order valence-corrected chi connectivity index (χ0v) is 11.9. The lowest BCUT2D eigenvalue weighted by atomic mass is 10.0. The molecule has 0 saturated carbocycles. The van der Waals surface area contributed by atoms with E-state index in [0.29, 0.717) is 0 Å². The Kier molecular flexibility index (Phi) is 5.60. The minimum absolute atomic E-state index is 0.243. The van der Waals surface area contributed by atoms with E-state index < -0.39 is 23.7 Å². The summed E-state index contributed by atoms with van der Waals surface area (Å²) < 4.78 is 5.10. The highest BCUT2D eigenvalue weighted by Crippen LogP contribution is 2.13. The summed E-state index contributed by atoms with van der Waals surface area (Å²) >= 11 is 0. The van der Waals surface area contributed by atoms with Crippen molar-refractivity contribution in [2.24, 2.45) is 0 Å². The molecule has 1 amide bonds. The van der Waals surface area contributed by atoms with Crippen molar-refractivity contribution in [1.29, 1.82) is 0 Å². The summed E-state index contributed by atoms with van der Waals surface area (Å²) in [4.78, 5) is 23.0. The summed E-state index contributed by atoms with van der Waals surface area (Å²) in [6.07, 6.45) is 3.15. The third kappa shape index (κ3) is 5.92. The molecule has 0 aromatic heterocycles. The lowest BCUT2D eigenvalue weighted by Crippen LogP contribution is -2.54. The number of hydrogen-bond donors (Lipinski definition) is 3. The van der Waals surface area contributed by atoms with Crippen molar-refractivity contribution in [1.82, 2.24) is 10.6 Å². The van der Waals surface area contributed by atoms with Crippen LogP contribution in [-0.4, -0.2) is 41.4 Å². The Morgan fingerprint density at radius 1 is 1.32 bits per heavy atom. The maximum atomic E-state index is 11.7. The van der Waals surface area contributed by atoms with Crippen LogP contribution in [0.25, 0.3) is 0 Å². The molecule has 1 aliphatic heterocycles. The molecule has 6 heteroatoms. The van der Waals surface area contributed by atoms with Gasteiger partial charge in [0.2, 0.25) is 0 Å². The number of aliphatic carboxylic acids is 1. The maximum Gasteiger partial charge on any atom is 0.408 e. The minimum atomic E-state index is -1.04. The van der Waals surface area contributed by atoms with Crippen molar-refractivity contribution in [2.75, 3.05) is 6.54 Å². The second kappa shape index (κ2) is 6.75. The van der Waals surface area contributed by atoms with E-state index in [1.165, 1.54) is 0 Å². The summed E-state index contributed by atoms with van der Waals surface area (Å²) in [5.74, 6) is -1.04. The summed E-state index contributed by atoms with van der Waals surface area (Å²) in [6.45, 7) is 6.01. The quantitative estimate of drug-likeness (QED) is 0.724. The largest absolute Gasteiger partial charge is 0.480 e. The molecule has 2 unspecified atom stereocenters. The third-order valence-corrected chi connectivity index (χ3v) is 2.94. The van der Waals surface area contributed by atoms with Gasteiger partial charge in [-0.1, -0.05) is 12.8 Å². The standard InChI is InChI=1S/C13H24N2O4/c1-13(2,3)19-12(18)15-10(11(16)17)9-7-5-4-6-8-14-9/h9-10,14H,4-8H2,1-3H3,(H,15,18)(H,16,17). The topological polar surface area (TPSA) is 87.7 Å². The molecule has 1 heterocycles. The van der Waals surface area contributed by atoms with Gasteiger partial charge in [-0.15, -0.1) is 0 Å². The molecule has 1 fully saturated rings. The summed E-state index contributed by atoms with van der Waals surface area (Å²) in [6, 6.07) is -1.19. The number of nitrogens with one attached hydrogen (secondary N) is 2. The second-order valence-corrected chi connectivity index (χ2v) is 5.87. The molecule has 0 radical (unpaired) electrons. The molecule has 110 valence electrons. The number of carboxylic acids is 1. The predicted octanol–water partition coefficient (Wildman–Crippen LogP) is 1.50. The molecule has 6 nitrogen and oxygen atoms in total. The van der Waals surface area contributed by atoms with Crippen LogP contribution in [0.5, 0.6) is 0 Å². The lowest BCUT2D eigenvalue weighted by Gasteiger charge is -2.26. The molecule has 1 rings (SSSR count). The number of amides is 1. The summed E-state index contributed by atoms with van der Waals surface area (Å²) in [7, 11) is 0. The van der Waals surface area contributed by atoms with E-state index in [9.17, 15) is 14.7 Å². The van der Waals surface area contributed by atoms with E-state index in [0.717, 1.165) is 32.2 Å². The van der Waals surface area contributed by atoms with Gasteiger partial charge in [-0.3, -0.25) is 0 Å². The van der Waals surface area contributed by atoms with Crippen LogP contribution >= 0.6 is 0 Å². The molecule has 0 spiro atoms. The van der Waals surface area contributed by atoms with E-state index in [1.807, 2.05) is 0 Å². The van der Waals surface area contributed by atoms with E-state index in [2.05, 4.69) is 10.6 Å². The fourth-order valence-corrected chi connectivity index (χ4v) is 2.11. The maximum absolute atomic E-state index is 11.7. The van der Waals surface area contributed by atoms with Crippen molar-refractivity contribution in [3.8, 4) is 0 Å². The SMILES string of the molecule is CC(C)(C)OC(=O)NC(C(=O)O)C1CCCCCN1. The van der Waals surface area contributed by atoms with Crippen molar-refractivity contribution in [3.63, 3.8) is 0 Å². The molecule has 3 N–H and O–H groups in total. The second-order valence-electron chi connectivity index (χ2n) is 5.87. The predicted molar refractivity (Wildman–Crippen MR) is 71.1 cm³/mol. The van der Waals surface area contributed by atoms with Gasteiger partial charge < -0.3 is 20.5 Å². The zero-order valence-electron chi connectivity index (χ0n) is 11.9. The van der Waals surface area contributed by atoms with Gasteiger partial charge in [0.15, 0.2) is 0 Å². The van der Waals surface area contributed by atoms with Crippen LogP contribution in [0.15, 0.2) is 0 Å². The fourth-order valence-electron chi connectivity index (χ4n) is 2.11. The van der Waals surface area contributed by atoms with E-state index in [4.69, 9.17) is 4.74 Å². The Balaban J connectivity index is 2.61. The van der Waals surface area contributed by atoms with Crippen molar-refractivity contribution < 1.29 is 19.4 Å². The number of hydrogen-bond acceptors (Lipinski definition) is 4. The van der Waals surface area contributed by atoms with Gasteiger partial charge in [-0.05, 0) is 40.2 Å². The number of carboxylic acid groups (broad SMARTS) is 1. The average Bonchev–Trinajstić information content (AvgIpc) is 2.51. The van der Waals surface area contributed by atoms with E-state index in [-0.39, 0.29) is 6.04 Å². The zero-order chi connectivity index (χ0) is 14.5. The molecule has 0 bridgehead atoms. The number of ether oxygens (including phenoxy) is 1. The minimum Gasteiger partial charge on any atom is -0.480 e. The Bertz CT molecular complexity index is 317. The summed E-state index contributed by atoms with van der Waals surface area (Å²) in [5, 5.41) is 14.9. The van der Waals surface area contributed by atoms with Gasteiger partial charge in [0.05, 0.1) is 0 Å². The van der Waals surface area contributed by atoms with Crippen molar-refractivity contribution >= 4 is 12.1 Å². The van der Waals surface area contributed by atoms with E-state index >= 15 is 0 Å². The van der Waals surface area contributed by atoms with Crippen molar-refractivity contribution in [3.05, 3.63) is 0 Å².